The summed E-state index contributed by atoms with van der Waals surface area (Å²) in [5.41, 5.74) is 2.84. The topological polar surface area (TPSA) is 81.5 Å². The van der Waals surface area contributed by atoms with E-state index in [0.717, 1.165) is 49.3 Å². The lowest BCUT2D eigenvalue weighted by Gasteiger charge is -2.26. The monoisotopic (exact) mass is 395 g/mol. The van der Waals surface area contributed by atoms with Crippen molar-refractivity contribution in [2.75, 3.05) is 44.8 Å². The molecule has 1 amide bonds. The maximum atomic E-state index is 12.5. The molecule has 0 saturated carbocycles. The number of carbonyl (C=O) groups excluding carboxylic acids is 1. The highest BCUT2D eigenvalue weighted by Gasteiger charge is 2.15. The van der Waals surface area contributed by atoms with Crippen LogP contribution in [-0.4, -0.2) is 65.0 Å². The lowest BCUT2D eigenvalue weighted by Crippen LogP contribution is -2.38. The third kappa shape index (κ3) is 4.38. The van der Waals surface area contributed by atoms with Gasteiger partial charge in [-0.3, -0.25) is 19.4 Å². The minimum Gasteiger partial charge on any atom is -0.475 e. The zero-order valence-corrected chi connectivity index (χ0v) is 16.7. The molecule has 1 aromatic carbocycles. The molecule has 0 aliphatic carbocycles. The van der Waals surface area contributed by atoms with Crippen LogP contribution < -0.4 is 10.1 Å². The van der Waals surface area contributed by atoms with Gasteiger partial charge >= 0.3 is 0 Å². The van der Waals surface area contributed by atoms with E-state index < -0.39 is 0 Å². The Bertz CT molecular complexity index is 1010. The number of aromatic nitrogens is 3. The van der Waals surface area contributed by atoms with E-state index >= 15 is 0 Å². The molecule has 0 atom stereocenters. The lowest BCUT2D eigenvalue weighted by atomic mass is 10.2. The molecule has 0 spiro atoms. The second-order valence-corrected chi connectivity index (χ2v) is 7.09. The Hall–Kier alpha value is -2.97. The van der Waals surface area contributed by atoms with Gasteiger partial charge in [-0.15, -0.1) is 5.10 Å². The molecule has 1 aliphatic heterocycles. The molecular weight excluding hydrogens is 370 g/mol. The minimum absolute atomic E-state index is 0.230. The fourth-order valence-corrected chi connectivity index (χ4v) is 3.42. The predicted molar refractivity (Wildman–Crippen MR) is 110 cm³/mol. The van der Waals surface area contributed by atoms with Gasteiger partial charge in [0.15, 0.2) is 0 Å². The molecule has 2 aromatic heterocycles. The van der Waals surface area contributed by atoms with Crippen LogP contribution >= 0.6 is 0 Å². The minimum atomic E-state index is -0.230. The van der Waals surface area contributed by atoms with Crippen LogP contribution in [0, 0.1) is 6.92 Å². The van der Waals surface area contributed by atoms with Gasteiger partial charge in [-0.2, -0.15) is 0 Å². The molecule has 0 radical (unpaired) electrons. The van der Waals surface area contributed by atoms with Crippen molar-refractivity contribution in [3.63, 3.8) is 0 Å². The average Bonchev–Trinajstić information content (AvgIpc) is 3.04. The fourth-order valence-electron chi connectivity index (χ4n) is 3.42. The Morgan fingerprint density at radius 1 is 1.28 bits per heavy atom. The lowest BCUT2D eigenvalue weighted by molar-refractivity contribution is 0.0320. The summed E-state index contributed by atoms with van der Waals surface area (Å²) < 4.78 is 13.1. The number of morpholine rings is 1. The first kappa shape index (κ1) is 19.4. The molecule has 4 rings (SSSR count). The van der Waals surface area contributed by atoms with Crippen molar-refractivity contribution in [2.24, 2.45) is 7.05 Å². The van der Waals surface area contributed by atoms with E-state index in [4.69, 9.17) is 9.47 Å². The van der Waals surface area contributed by atoms with Crippen molar-refractivity contribution >= 4 is 22.5 Å². The zero-order chi connectivity index (χ0) is 20.2. The summed E-state index contributed by atoms with van der Waals surface area (Å²) in [5.74, 6) is 0.376. The number of amides is 1. The Morgan fingerprint density at radius 3 is 2.90 bits per heavy atom. The first-order chi connectivity index (χ1) is 14.1. The van der Waals surface area contributed by atoms with Gasteiger partial charge in [0.05, 0.1) is 24.1 Å². The number of pyridine rings is 1. The SMILES string of the molecule is Cc1cccnc1C(=O)Nc1ccc2c(OCCN3CCOCC3)nn(C)c2c1. The number of fused-ring (bicyclic) bond motifs is 1. The highest BCUT2D eigenvalue weighted by molar-refractivity contribution is 6.04. The number of nitrogens with zero attached hydrogens (tertiary/aromatic N) is 4. The molecule has 1 N–H and O–H groups in total. The molecule has 8 nitrogen and oxygen atoms in total. The number of benzene rings is 1. The molecule has 0 bridgehead atoms. The maximum absolute atomic E-state index is 12.5. The third-order valence-electron chi connectivity index (χ3n) is 5.05. The van der Waals surface area contributed by atoms with E-state index in [1.54, 1.807) is 10.9 Å². The summed E-state index contributed by atoms with van der Waals surface area (Å²) in [6.45, 7) is 6.71. The van der Waals surface area contributed by atoms with Crippen molar-refractivity contribution in [3.05, 3.63) is 47.8 Å². The molecule has 1 aliphatic rings. The maximum Gasteiger partial charge on any atom is 0.274 e. The number of carbonyl (C=O) groups is 1. The zero-order valence-electron chi connectivity index (χ0n) is 16.7. The third-order valence-corrected chi connectivity index (χ3v) is 5.05. The van der Waals surface area contributed by atoms with Gasteiger partial charge in [0, 0.05) is 38.6 Å². The predicted octanol–water partition coefficient (Wildman–Crippen LogP) is 2.24. The molecule has 1 fully saturated rings. The van der Waals surface area contributed by atoms with Crippen LogP contribution in [0.1, 0.15) is 16.1 Å². The molecule has 3 heterocycles. The van der Waals surface area contributed by atoms with Gasteiger partial charge < -0.3 is 14.8 Å². The van der Waals surface area contributed by atoms with E-state index in [0.29, 0.717) is 23.9 Å². The van der Waals surface area contributed by atoms with Crippen LogP contribution in [0.25, 0.3) is 10.9 Å². The van der Waals surface area contributed by atoms with Gasteiger partial charge in [-0.1, -0.05) is 6.07 Å². The van der Waals surface area contributed by atoms with E-state index in [2.05, 4.69) is 20.3 Å². The molecule has 1 saturated heterocycles. The molecule has 29 heavy (non-hydrogen) atoms. The summed E-state index contributed by atoms with van der Waals surface area (Å²) in [4.78, 5) is 19.0. The second kappa shape index (κ2) is 8.59. The normalized spacial score (nSPS) is 14.8. The van der Waals surface area contributed by atoms with Crippen LogP contribution in [0.3, 0.4) is 0 Å². The van der Waals surface area contributed by atoms with E-state index in [1.807, 2.05) is 44.3 Å². The number of nitrogens with one attached hydrogen (secondary N) is 1. The average molecular weight is 395 g/mol. The number of ether oxygens (including phenoxy) is 2. The number of anilines is 1. The van der Waals surface area contributed by atoms with Gasteiger partial charge in [0.25, 0.3) is 5.91 Å². The number of hydrogen-bond acceptors (Lipinski definition) is 6. The van der Waals surface area contributed by atoms with Crippen molar-refractivity contribution < 1.29 is 14.3 Å². The Morgan fingerprint density at radius 2 is 2.10 bits per heavy atom. The van der Waals surface area contributed by atoms with Gasteiger partial charge in [0.2, 0.25) is 5.88 Å². The van der Waals surface area contributed by atoms with Crippen LogP contribution in [-0.2, 0) is 11.8 Å². The van der Waals surface area contributed by atoms with Crippen molar-refractivity contribution in [1.82, 2.24) is 19.7 Å². The Balaban J connectivity index is 1.45. The van der Waals surface area contributed by atoms with Gasteiger partial charge in [0.1, 0.15) is 12.3 Å². The van der Waals surface area contributed by atoms with Crippen LogP contribution in [0.15, 0.2) is 36.5 Å². The van der Waals surface area contributed by atoms with E-state index in [1.165, 1.54) is 0 Å². The smallest absolute Gasteiger partial charge is 0.274 e. The summed E-state index contributed by atoms with van der Waals surface area (Å²) in [7, 11) is 1.87. The standard InChI is InChI=1S/C21H25N5O3/c1-15-4-3-7-22-19(15)20(27)23-16-5-6-17-18(14-16)25(2)24-21(17)29-13-10-26-8-11-28-12-9-26/h3-7,14H,8-13H2,1-2H3,(H,23,27). The summed E-state index contributed by atoms with van der Waals surface area (Å²) in [5, 5.41) is 8.32. The fraction of sp³-hybridized carbons (Fsp3) is 0.381. The molecule has 8 heteroatoms. The number of aryl methyl sites for hydroxylation is 2. The highest BCUT2D eigenvalue weighted by Crippen LogP contribution is 2.27. The summed E-state index contributed by atoms with van der Waals surface area (Å²) in [6, 6.07) is 9.36. The van der Waals surface area contributed by atoms with Crippen LogP contribution in [0.4, 0.5) is 5.69 Å². The Labute approximate surface area is 169 Å². The number of rotatable bonds is 6. The first-order valence-corrected chi connectivity index (χ1v) is 9.74. The second-order valence-electron chi connectivity index (χ2n) is 7.09. The first-order valence-electron chi connectivity index (χ1n) is 9.74. The van der Waals surface area contributed by atoms with Crippen molar-refractivity contribution in [2.45, 2.75) is 6.92 Å². The number of hydrogen-bond donors (Lipinski definition) is 1. The van der Waals surface area contributed by atoms with Crippen LogP contribution in [0.5, 0.6) is 5.88 Å². The van der Waals surface area contributed by atoms with Crippen molar-refractivity contribution in [3.8, 4) is 5.88 Å². The highest BCUT2D eigenvalue weighted by atomic mass is 16.5. The van der Waals surface area contributed by atoms with Crippen molar-refractivity contribution in [1.29, 1.82) is 0 Å². The summed E-state index contributed by atoms with van der Waals surface area (Å²) >= 11 is 0. The van der Waals surface area contributed by atoms with E-state index in [9.17, 15) is 4.79 Å². The van der Waals surface area contributed by atoms with Gasteiger partial charge in [-0.05, 0) is 36.8 Å². The largest absolute Gasteiger partial charge is 0.475 e. The summed E-state index contributed by atoms with van der Waals surface area (Å²) in [6.07, 6.45) is 1.62. The quantitative estimate of drug-likeness (QED) is 0.689. The van der Waals surface area contributed by atoms with E-state index in [-0.39, 0.29) is 5.91 Å². The van der Waals surface area contributed by atoms with Crippen LogP contribution in [0.2, 0.25) is 0 Å². The molecule has 3 aromatic rings. The van der Waals surface area contributed by atoms with Gasteiger partial charge in [-0.25, -0.2) is 0 Å². The Kier molecular flexibility index (Phi) is 5.73. The molecule has 152 valence electrons. The molecule has 0 unspecified atom stereocenters. The molecular formula is C21H25N5O3.